The highest BCUT2D eigenvalue weighted by Crippen LogP contribution is 2.29. The second-order valence-electron chi connectivity index (χ2n) is 5.62. The monoisotopic (exact) mass is 318 g/mol. The van der Waals surface area contributed by atoms with E-state index < -0.39 is 23.6 Å². The van der Waals surface area contributed by atoms with Gasteiger partial charge in [0.2, 0.25) is 0 Å². The largest absolute Gasteiger partial charge is 0.471 e. The number of nitrogens with one attached hydrogen (secondary N) is 2. The summed E-state index contributed by atoms with van der Waals surface area (Å²) in [6, 6.07) is 4.24. The molecule has 5 nitrogen and oxygen atoms in total. The van der Waals surface area contributed by atoms with Crippen LogP contribution in [-0.4, -0.2) is 25.3 Å². The SMILES string of the molecule is COC(=O)Nc1cc(NC(=O)C(F)(F)F)cc(C(C)(C)C)c1. The first kappa shape index (κ1) is 17.8. The van der Waals surface area contributed by atoms with Gasteiger partial charge in [-0.25, -0.2) is 4.79 Å². The molecule has 0 aliphatic heterocycles. The van der Waals surface area contributed by atoms with Crippen LogP contribution >= 0.6 is 0 Å². The lowest BCUT2D eigenvalue weighted by Gasteiger charge is -2.21. The van der Waals surface area contributed by atoms with E-state index in [0.717, 1.165) is 7.11 Å². The Hall–Kier alpha value is -2.25. The molecule has 0 aromatic heterocycles. The van der Waals surface area contributed by atoms with E-state index in [-0.39, 0.29) is 11.4 Å². The summed E-state index contributed by atoms with van der Waals surface area (Å²) in [5, 5.41) is 4.13. The molecule has 122 valence electrons. The second-order valence-corrected chi connectivity index (χ2v) is 5.62. The van der Waals surface area contributed by atoms with Gasteiger partial charge in [-0.05, 0) is 29.2 Å². The van der Waals surface area contributed by atoms with Crippen molar-refractivity contribution in [3.8, 4) is 0 Å². The molecule has 0 saturated heterocycles. The standard InChI is InChI=1S/C14H17F3N2O3/c1-13(2,3)8-5-9(18-11(20)14(15,16)17)7-10(6-8)19-12(21)22-4/h5-7H,1-4H3,(H,18,20)(H,19,21). The van der Waals surface area contributed by atoms with Gasteiger partial charge in [-0.15, -0.1) is 0 Å². The van der Waals surface area contributed by atoms with Crippen LogP contribution in [0.2, 0.25) is 0 Å². The molecule has 1 aromatic carbocycles. The third-order valence-corrected chi connectivity index (χ3v) is 2.75. The molecule has 0 atom stereocenters. The number of halogens is 3. The molecule has 0 unspecified atom stereocenters. The summed E-state index contributed by atoms with van der Waals surface area (Å²) in [7, 11) is 1.16. The number of anilines is 2. The molecule has 8 heteroatoms. The fraction of sp³-hybridized carbons (Fsp3) is 0.429. The summed E-state index contributed by atoms with van der Waals surface area (Å²) < 4.78 is 41.4. The zero-order valence-electron chi connectivity index (χ0n) is 12.6. The average Bonchev–Trinajstić information content (AvgIpc) is 2.36. The molecule has 0 heterocycles. The van der Waals surface area contributed by atoms with E-state index >= 15 is 0 Å². The quantitative estimate of drug-likeness (QED) is 0.874. The lowest BCUT2D eigenvalue weighted by atomic mass is 9.86. The highest BCUT2D eigenvalue weighted by atomic mass is 19.4. The molecule has 0 fully saturated rings. The summed E-state index contributed by atoms with van der Waals surface area (Å²) in [5.41, 5.74) is 0.391. The van der Waals surface area contributed by atoms with Gasteiger partial charge in [0.05, 0.1) is 7.11 Å². The predicted molar refractivity (Wildman–Crippen MR) is 75.9 cm³/mol. The van der Waals surface area contributed by atoms with Crippen LogP contribution in [0.15, 0.2) is 18.2 Å². The molecule has 1 aromatic rings. The Morgan fingerprint density at radius 1 is 1.00 bits per heavy atom. The van der Waals surface area contributed by atoms with Gasteiger partial charge in [0, 0.05) is 11.4 Å². The van der Waals surface area contributed by atoms with Crippen molar-refractivity contribution in [3.05, 3.63) is 23.8 Å². The van der Waals surface area contributed by atoms with Crippen molar-refractivity contribution in [2.45, 2.75) is 32.4 Å². The molecule has 0 saturated carbocycles. The van der Waals surface area contributed by atoms with Gasteiger partial charge < -0.3 is 10.1 Å². The summed E-state index contributed by atoms with van der Waals surface area (Å²) in [6.45, 7) is 5.54. The van der Waals surface area contributed by atoms with Crippen molar-refractivity contribution in [1.82, 2.24) is 0 Å². The van der Waals surface area contributed by atoms with Crippen LogP contribution in [0.3, 0.4) is 0 Å². The minimum absolute atomic E-state index is 0.0684. The molecule has 0 bridgehead atoms. The Morgan fingerprint density at radius 3 is 1.91 bits per heavy atom. The zero-order chi connectivity index (χ0) is 17.1. The third-order valence-electron chi connectivity index (χ3n) is 2.75. The van der Waals surface area contributed by atoms with Gasteiger partial charge in [-0.1, -0.05) is 20.8 Å². The van der Waals surface area contributed by atoms with Crippen molar-refractivity contribution in [1.29, 1.82) is 0 Å². The zero-order valence-corrected chi connectivity index (χ0v) is 12.6. The first-order chi connectivity index (χ1) is 9.93. The van der Waals surface area contributed by atoms with Gasteiger partial charge >= 0.3 is 18.2 Å². The van der Waals surface area contributed by atoms with Gasteiger partial charge in [-0.2, -0.15) is 13.2 Å². The maximum Gasteiger partial charge on any atom is 0.471 e. The lowest BCUT2D eigenvalue weighted by molar-refractivity contribution is -0.167. The fourth-order valence-corrected chi connectivity index (χ4v) is 1.58. The minimum Gasteiger partial charge on any atom is -0.453 e. The van der Waals surface area contributed by atoms with E-state index in [0.29, 0.717) is 5.56 Å². The molecule has 0 radical (unpaired) electrons. The van der Waals surface area contributed by atoms with E-state index in [9.17, 15) is 22.8 Å². The molecule has 1 rings (SSSR count). The van der Waals surface area contributed by atoms with Gasteiger partial charge in [0.25, 0.3) is 0 Å². The van der Waals surface area contributed by atoms with Crippen molar-refractivity contribution in [2.75, 3.05) is 17.7 Å². The number of amides is 2. The maximum absolute atomic E-state index is 12.3. The van der Waals surface area contributed by atoms with E-state index in [4.69, 9.17) is 0 Å². The Balaban J connectivity index is 3.18. The summed E-state index contributed by atoms with van der Waals surface area (Å²) >= 11 is 0. The molecule has 0 spiro atoms. The highest BCUT2D eigenvalue weighted by molar-refractivity contribution is 5.96. The second kappa shape index (κ2) is 6.25. The van der Waals surface area contributed by atoms with Gasteiger partial charge in [-0.3, -0.25) is 10.1 Å². The molecule has 0 aliphatic rings. The highest BCUT2D eigenvalue weighted by Gasteiger charge is 2.38. The topological polar surface area (TPSA) is 67.4 Å². The van der Waals surface area contributed by atoms with Crippen LogP contribution in [0.25, 0.3) is 0 Å². The number of rotatable bonds is 2. The minimum atomic E-state index is -4.99. The Bertz CT molecular complexity index is 578. The summed E-state index contributed by atoms with van der Waals surface area (Å²) in [5.74, 6) is -2.08. The van der Waals surface area contributed by atoms with Gasteiger partial charge in [0.1, 0.15) is 0 Å². The van der Waals surface area contributed by atoms with Gasteiger partial charge in [0.15, 0.2) is 0 Å². The van der Waals surface area contributed by atoms with Crippen LogP contribution in [0.4, 0.5) is 29.3 Å². The lowest BCUT2D eigenvalue weighted by Crippen LogP contribution is -2.30. The van der Waals surface area contributed by atoms with Crippen LogP contribution in [0.5, 0.6) is 0 Å². The van der Waals surface area contributed by atoms with Crippen LogP contribution in [-0.2, 0) is 14.9 Å². The van der Waals surface area contributed by atoms with Crippen molar-refractivity contribution in [3.63, 3.8) is 0 Å². The molecular formula is C14H17F3N2O3. The van der Waals surface area contributed by atoms with Crippen LogP contribution in [0.1, 0.15) is 26.3 Å². The number of ether oxygens (including phenoxy) is 1. The molecule has 2 amide bonds. The number of benzene rings is 1. The van der Waals surface area contributed by atoms with Crippen molar-refractivity contribution in [2.24, 2.45) is 0 Å². The Kier molecular flexibility index (Phi) is 5.05. The van der Waals surface area contributed by atoms with E-state index in [1.165, 1.54) is 12.1 Å². The summed E-state index contributed by atoms with van der Waals surface area (Å²) in [4.78, 5) is 22.3. The predicted octanol–water partition coefficient (Wildman–Crippen LogP) is 3.66. The van der Waals surface area contributed by atoms with Crippen LogP contribution < -0.4 is 10.6 Å². The van der Waals surface area contributed by atoms with Crippen LogP contribution in [0, 0.1) is 0 Å². The van der Waals surface area contributed by atoms with Crippen molar-refractivity contribution >= 4 is 23.4 Å². The number of carbonyl (C=O) groups excluding carboxylic acids is 2. The average molecular weight is 318 g/mol. The van der Waals surface area contributed by atoms with E-state index in [1.54, 1.807) is 11.4 Å². The van der Waals surface area contributed by atoms with E-state index in [2.05, 4.69) is 10.1 Å². The normalized spacial score (nSPS) is 11.8. The summed E-state index contributed by atoms with van der Waals surface area (Å²) in [6.07, 6.45) is -5.76. The fourth-order valence-electron chi connectivity index (χ4n) is 1.58. The molecular weight excluding hydrogens is 301 g/mol. The van der Waals surface area contributed by atoms with Crippen molar-refractivity contribution < 1.29 is 27.5 Å². The number of methoxy groups -OCH3 is 1. The Labute approximate surface area is 125 Å². The molecule has 2 N–H and O–H groups in total. The first-order valence-corrected chi connectivity index (χ1v) is 6.32. The number of hydrogen-bond donors (Lipinski definition) is 2. The smallest absolute Gasteiger partial charge is 0.453 e. The Morgan fingerprint density at radius 2 is 1.50 bits per heavy atom. The molecule has 22 heavy (non-hydrogen) atoms. The third kappa shape index (κ3) is 4.94. The number of alkyl halides is 3. The van der Waals surface area contributed by atoms with E-state index in [1.807, 2.05) is 20.8 Å². The number of hydrogen-bond acceptors (Lipinski definition) is 3. The molecule has 0 aliphatic carbocycles. The number of carbonyl (C=O) groups is 2. The maximum atomic E-state index is 12.3. The first-order valence-electron chi connectivity index (χ1n) is 6.32.